The average Bonchev–Trinajstić information content (AvgIpc) is 2.63. The third-order valence-corrected chi connectivity index (χ3v) is 2.62. The Hall–Kier alpha value is -0.900. The van der Waals surface area contributed by atoms with E-state index in [0.29, 0.717) is 6.04 Å². The number of aromatic nitrogens is 3. The van der Waals surface area contributed by atoms with Crippen LogP contribution in [0.15, 0.2) is 6.20 Å². The number of hydrogen-bond acceptors (Lipinski definition) is 3. The second kappa shape index (κ2) is 6.56. The molecule has 1 aromatic rings. The van der Waals surface area contributed by atoms with Crippen LogP contribution in [0.25, 0.3) is 0 Å². The topological polar surface area (TPSA) is 42.7 Å². The SMILES string of the molecule is CCNC(CC)CCCc1cn(C)nn1. The zero-order valence-corrected chi connectivity index (χ0v) is 10.0. The van der Waals surface area contributed by atoms with E-state index in [-0.39, 0.29) is 0 Å². The summed E-state index contributed by atoms with van der Waals surface area (Å²) in [6.45, 7) is 5.45. The third-order valence-electron chi connectivity index (χ3n) is 2.62. The summed E-state index contributed by atoms with van der Waals surface area (Å²) in [7, 11) is 1.91. The van der Waals surface area contributed by atoms with Crippen molar-refractivity contribution in [3.8, 4) is 0 Å². The Kier molecular flexibility index (Phi) is 5.32. The molecule has 0 aliphatic carbocycles. The van der Waals surface area contributed by atoms with Gasteiger partial charge in [0.25, 0.3) is 0 Å². The highest BCUT2D eigenvalue weighted by Gasteiger charge is 2.05. The minimum absolute atomic E-state index is 0.659. The van der Waals surface area contributed by atoms with Gasteiger partial charge in [0.15, 0.2) is 0 Å². The predicted molar refractivity (Wildman–Crippen MR) is 61.7 cm³/mol. The molecule has 0 fully saturated rings. The molecule has 86 valence electrons. The van der Waals surface area contributed by atoms with Crippen LogP contribution >= 0.6 is 0 Å². The molecule has 4 heteroatoms. The average molecular weight is 210 g/mol. The summed E-state index contributed by atoms with van der Waals surface area (Å²) in [5, 5.41) is 11.5. The molecule has 1 atom stereocenters. The molecule has 0 saturated carbocycles. The lowest BCUT2D eigenvalue weighted by Crippen LogP contribution is -2.28. The van der Waals surface area contributed by atoms with Gasteiger partial charge in [-0.05, 0) is 32.2 Å². The van der Waals surface area contributed by atoms with Crippen molar-refractivity contribution in [2.24, 2.45) is 7.05 Å². The van der Waals surface area contributed by atoms with Crippen molar-refractivity contribution in [2.45, 2.75) is 45.6 Å². The van der Waals surface area contributed by atoms with Crippen molar-refractivity contribution in [2.75, 3.05) is 6.54 Å². The second-order valence-electron chi connectivity index (χ2n) is 3.94. The molecule has 1 aromatic heterocycles. The number of hydrogen-bond donors (Lipinski definition) is 1. The third kappa shape index (κ3) is 4.42. The van der Waals surface area contributed by atoms with E-state index in [2.05, 4.69) is 29.5 Å². The van der Waals surface area contributed by atoms with Gasteiger partial charge in [-0.25, -0.2) is 0 Å². The Labute approximate surface area is 92.1 Å². The summed E-state index contributed by atoms with van der Waals surface area (Å²) in [6.07, 6.45) is 6.64. The minimum Gasteiger partial charge on any atom is -0.314 e. The van der Waals surface area contributed by atoms with Crippen LogP contribution in [0, 0.1) is 0 Å². The monoisotopic (exact) mass is 210 g/mol. The van der Waals surface area contributed by atoms with E-state index in [4.69, 9.17) is 0 Å². The highest BCUT2D eigenvalue weighted by atomic mass is 15.4. The molecule has 0 aliphatic rings. The Bertz CT molecular complexity index is 269. The van der Waals surface area contributed by atoms with Crippen molar-refractivity contribution < 1.29 is 0 Å². The van der Waals surface area contributed by atoms with E-state index in [1.54, 1.807) is 4.68 Å². The molecular formula is C11H22N4. The molecule has 15 heavy (non-hydrogen) atoms. The fourth-order valence-electron chi connectivity index (χ4n) is 1.78. The Balaban J connectivity index is 2.20. The van der Waals surface area contributed by atoms with Gasteiger partial charge in [-0.15, -0.1) is 5.10 Å². The Morgan fingerprint density at radius 2 is 2.27 bits per heavy atom. The Morgan fingerprint density at radius 3 is 2.80 bits per heavy atom. The van der Waals surface area contributed by atoms with E-state index in [0.717, 1.165) is 18.7 Å². The highest BCUT2D eigenvalue weighted by molar-refractivity contribution is 4.91. The summed E-state index contributed by atoms with van der Waals surface area (Å²) in [5.41, 5.74) is 1.10. The van der Waals surface area contributed by atoms with Crippen molar-refractivity contribution in [3.05, 3.63) is 11.9 Å². The number of aryl methyl sites for hydroxylation is 2. The van der Waals surface area contributed by atoms with Crippen LogP contribution in [-0.4, -0.2) is 27.6 Å². The fourth-order valence-corrected chi connectivity index (χ4v) is 1.78. The summed E-state index contributed by atoms with van der Waals surface area (Å²) in [4.78, 5) is 0. The Morgan fingerprint density at radius 1 is 1.47 bits per heavy atom. The zero-order valence-electron chi connectivity index (χ0n) is 10.0. The van der Waals surface area contributed by atoms with E-state index >= 15 is 0 Å². The maximum atomic E-state index is 4.08. The zero-order chi connectivity index (χ0) is 11.1. The van der Waals surface area contributed by atoms with Gasteiger partial charge in [-0.3, -0.25) is 4.68 Å². The quantitative estimate of drug-likeness (QED) is 0.742. The van der Waals surface area contributed by atoms with E-state index < -0.39 is 0 Å². The summed E-state index contributed by atoms with van der Waals surface area (Å²) >= 11 is 0. The predicted octanol–water partition coefficient (Wildman–Crippen LogP) is 1.53. The van der Waals surface area contributed by atoms with Gasteiger partial charge in [-0.2, -0.15) is 0 Å². The van der Waals surface area contributed by atoms with Crippen LogP contribution in [0.1, 0.15) is 38.8 Å². The van der Waals surface area contributed by atoms with Gasteiger partial charge in [0.05, 0.1) is 5.69 Å². The molecule has 0 radical (unpaired) electrons. The molecule has 1 heterocycles. The molecule has 0 saturated heterocycles. The van der Waals surface area contributed by atoms with Crippen LogP contribution in [0.2, 0.25) is 0 Å². The first kappa shape index (κ1) is 12.2. The highest BCUT2D eigenvalue weighted by Crippen LogP contribution is 2.05. The van der Waals surface area contributed by atoms with Gasteiger partial charge < -0.3 is 5.32 Å². The van der Waals surface area contributed by atoms with Crippen molar-refractivity contribution >= 4 is 0 Å². The summed E-state index contributed by atoms with van der Waals surface area (Å²) in [5.74, 6) is 0. The van der Waals surface area contributed by atoms with Gasteiger partial charge in [-0.1, -0.05) is 19.1 Å². The fraction of sp³-hybridized carbons (Fsp3) is 0.818. The molecule has 0 spiro atoms. The maximum Gasteiger partial charge on any atom is 0.0827 e. The standard InChI is InChI=1S/C11H22N4/c1-4-10(12-5-2)7-6-8-11-9-15(3)14-13-11/h9-10,12H,4-8H2,1-3H3. The van der Waals surface area contributed by atoms with Crippen molar-refractivity contribution in [1.29, 1.82) is 0 Å². The molecule has 1 unspecified atom stereocenters. The van der Waals surface area contributed by atoms with Crippen LogP contribution in [0.3, 0.4) is 0 Å². The first-order valence-electron chi connectivity index (χ1n) is 5.84. The molecule has 1 N–H and O–H groups in total. The summed E-state index contributed by atoms with van der Waals surface area (Å²) in [6, 6.07) is 0.659. The van der Waals surface area contributed by atoms with Gasteiger partial charge >= 0.3 is 0 Å². The van der Waals surface area contributed by atoms with E-state index in [1.807, 2.05) is 13.2 Å². The number of nitrogens with one attached hydrogen (secondary N) is 1. The van der Waals surface area contributed by atoms with Crippen LogP contribution < -0.4 is 5.32 Å². The number of rotatable bonds is 7. The largest absolute Gasteiger partial charge is 0.314 e. The second-order valence-corrected chi connectivity index (χ2v) is 3.94. The van der Waals surface area contributed by atoms with E-state index in [9.17, 15) is 0 Å². The normalized spacial score (nSPS) is 13.0. The van der Waals surface area contributed by atoms with Gasteiger partial charge in [0, 0.05) is 19.3 Å². The van der Waals surface area contributed by atoms with Gasteiger partial charge in [0.1, 0.15) is 0 Å². The van der Waals surface area contributed by atoms with Crippen LogP contribution in [0.4, 0.5) is 0 Å². The lowest BCUT2D eigenvalue weighted by molar-refractivity contribution is 0.466. The van der Waals surface area contributed by atoms with Gasteiger partial charge in [0.2, 0.25) is 0 Å². The molecule has 0 bridgehead atoms. The van der Waals surface area contributed by atoms with Crippen LogP contribution in [-0.2, 0) is 13.5 Å². The lowest BCUT2D eigenvalue weighted by Gasteiger charge is -2.14. The first-order valence-corrected chi connectivity index (χ1v) is 5.84. The molecule has 4 nitrogen and oxygen atoms in total. The smallest absolute Gasteiger partial charge is 0.0827 e. The molecule has 0 aliphatic heterocycles. The number of nitrogens with zero attached hydrogens (tertiary/aromatic N) is 3. The first-order chi connectivity index (χ1) is 7.26. The molecule has 1 rings (SSSR count). The van der Waals surface area contributed by atoms with Crippen molar-refractivity contribution in [1.82, 2.24) is 20.3 Å². The van der Waals surface area contributed by atoms with Crippen LogP contribution in [0.5, 0.6) is 0 Å². The molecular weight excluding hydrogens is 188 g/mol. The van der Waals surface area contributed by atoms with E-state index in [1.165, 1.54) is 19.3 Å². The molecule has 0 amide bonds. The maximum absolute atomic E-state index is 4.08. The minimum atomic E-state index is 0.659. The summed E-state index contributed by atoms with van der Waals surface area (Å²) < 4.78 is 1.76. The molecule has 0 aromatic carbocycles. The van der Waals surface area contributed by atoms with Crippen molar-refractivity contribution in [3.63, 3.8) is 0 Å². The lowest BCUT2D eigenvalue weighted by atomic mass is 10.1.